The number of anilines is 1. The normalized spacial score (nSPS) is 14.8. The van der Waals surface area contributed by atoms with E-state index in [-0.39, 0.29) is 11.5 Å². The van der Waals surface area contributed by atoms with Gasteiger partial charge in [-0.05, 0) is 36.2 Å². The average molecular weight is 399 g/mol. The Labute approximate surface area is 167 Å². The zero-order valence-corrected chi connectivity index (χ0v) is 16.0. The van der Waals surface area contributed by atoms with Gasteiger partial charge in [-0.25, -0.2) is 4.39 Å². The van der Waals surface area contributed by atoms with Gasteiger partial charge < -0.3 is 9.80 Å². The topological polar surface area (TPSA) is 52.2 Å². The number of H-pyrrole nitrogens is 1. The molecule has 7 heteroatoms. The van der Waals surface area contributed by atoms with Crippen molar-refractivity contribution >= 4 is 23.3 Å². The lowest BCUT2D eigenvalue weighted by Gasteiger charge is -2.22. The first-order valence-corrected chi connectivity index (χ1v) is 9.60. The van der Waals surface area contributed by atoms with Crippen molar-refractivity contribution in [2.75, 3.05) is 31.1 Å². The van der Waals surface area contributed by atoms with E-state index in [1.807, 2.05) is 30.3 Å². The third-order valence-corrected chi connectivity index (χ3v) is 5.18. The van der Waals surface area contributed by atoms with E-state index < -0.39 is 5.82 Å². The molecular formula is C21H20ClFN4O. The molecular weight excluding hydrogens is 379 g/mol. The highest BCUT2D eigenvalue weighted by atomic mass is 35.5. The molecule has 28 heavy (non-hydrogen) atoms. The highest BCUT2D eigenvalue weighted by molar-refractivity contribution is 6.30. The predicted molar refractivity (Wildman–Crippen MR) is 108 cm³/mol. The van der Waals surface area contributed by atoms with Crippen LogP contribution in [0.15, 0.2) is 54.6 Å². The lowest BCUT2D eigenvalue weighted by atomic mass is 10.1. The van der Waals surface area contributed by atoms with Crippen LogP contribution in [-0.2, 0) is 0 Å². The molecule has 5 nitrogen and oxygen atoms in total. The number of aromatic amines is 1. The van der Waals surface area contributed by atoms with E-state index in [1.54, 1.807) is 17.0 Å². The molecule has 1 fully saturated rings. The van der Waals surface area contributed by atoms with Crippen molar-refractivity contribution in [3.63, 3.8) is 0 Å². The summed E-state index contributed by atoms with van der Waals surface area (Å²) in [7, 11) is 0. The Balaban J connectivity index is 1.45. The Kier molecular flexibility index (Phi) is 5.30. The van der Waals surface area contributed by atoms with Crippen LogP contribution in [0.5, 0.6) is 0 Å². The van der Waals surface area contributed by atoms with E-state index in [4.69, 9.17) is 11.6 Å². The standard InChI is InChI=1S/C21H20ClFN4O/c22-16-8-6-15(7-9-16)19-14-20(25-24-19)26-10-3-11-27(13-12-26)21(28)17-4-1-2-5-18(17)23/h1-2,4-9,14H,3,10-13H2,(H,24,25). The summed E-state index contributed by atoms with van der Waals surface area (Å²) in [4.78, 5) is 16.5. The summed E-state index contributed by atoms with van der Waals surface area (Å²) in [5.41, 5.74) is 2.05. The summed E-state index contributed by atoms with van der Waals surface area (Å²) < 4.78 is 13.9. The Bertz CT molecular complexity index is 973. The number of nitrogens with zero attached hydrogens (tertiary/aromatic N) is 3. The number of benzene rings is 2. The van der Waals surface area contributed by atoms with E-state index in [0.717, 1.165) is 30.0 Å². The summed E-state index contributed by atoms with van der Waals surface area (Å²) in [6.07, 6.45) is 0.795. The van der Waals surface area contributed by atoms with Gasteiger partial charge in [0.05, 0.1) is 11.3 Å². The Hall–Kier alpha value is -2.86. The van der Waals surface area contributed by atoms with Crippen molar-refractivity contribution in [3.8, 4) is 11.3 Å². The van der Waals surface area contributed by atoms with Gasteiger partial charge in [-0.2, -0.15) is 5.10 Å². The summed E-state index contributed by atoms with van der Waals surface area (Å²) in [6.45, 7) is 2.55. The van der Waals surface area contributed by atoms with Crippen molar-refractivity contribution in [2.45, 2.75) is 6.42 Å². The lowest BCUT2D eigenvalue weighted by Crippen LogP contribution is -2.35. The monoisotopic (exact) mass is 398 g/mol. The number of amides is 1. The minimum atomic E-state index is -0.478. The van der Waals surface area contributed by atoms with Gasteiger partial charge in [-0.1, -0.05) is 35.9 Å². The second-order valence-electron chi connectivity index (χ2n) is 6.76. The van der Waals surface area contributed by atoms with Gasteiger partial charge in [0.15, 0.2) is 5.82 Å². The van der Waals surface area contributed by atoms with Crippen molar-refractivity contribution in [2.24, 2.45) is 0 Å². The van der Waals surface area contributed by atoms with Gasteiger partial charge in [0.25, 0.3) is 5.91 Å². The third-order valence-electron chi connectivity index (χ3n) is 4.93. The number of hydrogen-bond acceptors (Lipinski definition) is 3. The molecule has 0 aliphatic carbocycles. The van der Waals surface area contributed by atoms with Crippen LogP contribution < -0.4 is 4.90 Å². The molecule has 2 aromatic carbocycles. The summed E-state index contributed by atoms with van der Waals surface area (Å²) >= 11 is 5.95. The molecule has 0 spiro atoms. The molecule has 0 saturated carbocycles. The van der Waals surface area contributed by atoms with Gasteiger partial charge in [-0.3, -0.25) is 9.89 Å². The number of rotatable bonds is 3. The Morgan fingerprint density at radius 2 is 1.82 bits per heavy atom. The molecule has 0 bridgehead atoms. The highest BCUT2D eigenvalue weighted by Gasteiger charge is 2.23. The fourth-order valence-corrected chi connectivity index (χ4v) is 3.53. The van der Waals surface area contributed by atoms with Crippen molar-refractivity contribution in [1.82, 2.24) is 15.1 Å². The predicted octanol–water partition coefficient (Wildman–Crippen LogP) is 4.22. The van der Waals surface area contributed by atoms with Gasteiger partial charge in [0.2, 0.25) is 0 Å². The van der Waals surface area contributed by atoms with Gasteiger partial charge in [-0.15, -0.1) is 0 Å². The van der Waals surface area contributed by atoms with Crippen LogP contribution >= 0.6 is 11.6 Å². The first-order chi connectivity index (χ1) is 13.6. The number of carbonyl (C=O) groups excluding carboxylic acids is 1. The van der Waals surface area contributed by atoms with Crippen LogP contribution in [0.4, 0.5) is 10.2 Å². The second-order valence-corrected chi connectivity index (χ2v) is 7.20. The Morgan fingerprint density at radius 1 is 1.04 bits per heavy atom. The minimum absolute atomic E-state index is 0.126. The molecule has 0 radical (unpaired) electrons. The maximum absolute atomic E-state index is 13.9. The van der Waals surface area contributed by atoms with Crippen molar-refractivity contribution < 1.29 is 9.18 Å². The first-order valence-electron chi connectivity index (χ1n) is 9.22. The molecule has 1 aromatic heterocycles. The molecule has 1 aliphatic heterocycles. The molecule has 0 atom stereocenters. The summed E-state index contributed by atoms with van der Waals surface area (Å²) in [6, 6.07) is 15.7. The van der Waals surface area contributed by atoms with Crippen LogP contribution in [0.2, 0.25) is 5.02 Å². The molecule has 1 N–H and O–H groups in total. The Morgan fingerprint density at radius 3 is 2.61 bits per heavy atom. The fraction of sp³-hybridized carbons (Fsp3) is 0.238. The first kappa shape index (κ1) is 18.5. The smallest absolute Gasteiger partial charge is 0.256 e. The van der Waals surface area contributed by atoms with Crippen LogP contribution in [0.1, 0.15) is 16.8 Å². The van der Waals surface area contributed by atoms with Crippen LogP contribution in [0, 0.1) is 5.82 Å². The lowest BCUT2D eigenvalue weighted by molar-refractivity contribution is 0.0762. The number of aromatic nitrogens is 2. The van der Waals surface area contributed by atoms with E-state index >= 15 is 0 Å². The summed E-state index contributed by atoms with van der Waals surface area (Å²) in [5.74, 6) is 0.0995. The van der Waals surface area contributed by atoms with E-state index in [9.17, 15) is 9.18 Å². The van der Waals surface area contributed by atoms with Gasteiger partial charge in [0.1, 0.15) is 5.82 Å². The molecule has 2 heterocycles. The largest absolute Gasteiger partial charge is 0.353 e. The second kappa shape index (κ2) is 8.02. The molecule has 1 aliphatic rings. The number of hydrogen-bond donors (Lipinski definition) is 1. The van der Waals surface area contributed by atoms with E-state index in [0.29, 0.717) is 24.7 Å². The van der Waals surface area contributed by atoms with E-state index in [1.165, 1.54) is 12.1 Å². The molecule has 4 rings (SSSR count). The average Bonchev–Trinajstić information content (AvgIpc) is 3.06. The molecule has 3 aromatic rings. The van der Waals surface area contributed by atoms with Crippen LogP contribution in [-0.4, -0.2) is 47.2 Å². The van der Waals surface area contributed by atoms with Crippen LogP contribution in [0.25, 0.3) is 11.3 Å². The highest BCUT2D eigenvalue weighted by Crippen LogP contribution is 2.24. The quantitative estimate of drug-likeness (QED) is 0.718. The van der Waals surface area contributed by atoms with Gasteiger partial charge >= 0.3 is 0 Å². The third kappa shape index (κ3) is 3.87. The van der Waals surface area contributed by atoms with Crippen molar-refractivity contribution in [3.05, 3.63) is 71.0 Å². The molecule has 1 saturated heterocycles. The number of nitrogens with one attached hydrogen (secondary N) is 1. The molecule has 0 unspecified atom stereocenters. The molecule has 1 amide bonds. The molecule has 144 valence electrons. The van der Waals surface area contributed by atoms with Crippen molar-refractivity contribution in [1.29, 1.82) is 0 Å². The van der Waals surface area contributed by atoms with Gasteiger partial charge in [0, 0.05) is 37.3 Å². The SMILES string of the molecule is O=C(c1ccccc1F)N1CCCN(c2cc(-c3ccc(Cl)cc3)[nH]n2)CC1. The zero-order chi connectivity index (χ0) is 19.5. The maximum Gasteiger partial charge on any atom is 0.256 e. The van der Waals surface area contributed by atoms with E-state index in [2.05, 4.69) is 15.1 Å². The fourth-order valence-electron chi connectivity index (χ4n) is 3.41. The minimum Gasteiger partial charge on any atom is -0.353 e. The van der Waals surface area contributed by atoms with Crippen LogP contribution in [0.3, 0.4) is 0 Å². The number of carbonyl (C=O) groups is 1. The number of halogens is 2. The maximum atomic E-state index is 13.9. The summed E-state index contributed by atoms with van der Waals surface area (Å²) in [5, 5.41) is 8.18. The zero-order valence-electron chi connectivity index (χ0n) is 15.2.